The second-order valence-corrected chi connectivity index (χ2v) is 8.41. The number of carbonyl (C=O) groups is 1. The quantitative estimate of drug-likeness (QED) is 0.910. The number of hydrogen-bond donors (Lipinski definition) is 1. The molecule has 2 aromatic carbocycles. The van der Waals surface area contributed by atoms with Gasteiger partial charge in [-0.25, -0.2) is 8.42 Å². The Morgan fingerprint density at radius 3 is 2.52 bits per heavy atom. The van der Waals surface area contributed by atoms with Crippen LogP contribution < -0.4 is 10.1 Å². The van der Waals surface area contributed by atoms with E-state index in [0.717, 1.165) is 16.9 Å². The first-order valence-electron chi connectivity index (χ1n) is 8.15. The lowest BCUT2D eigenvalue weighted by Gasteiger charge is -2.26. The van der Waals surface area contributed by atoms with E-state index >= 15 is 0 Å². The Bertz CT molecular complexity index is 875. The molecule has 1 aliphatic rings. The molecule has 0 spiro atoms. The zero-order chi connectivity index (χ0) is 18.0. The molecular weight excluding hydrogens is 338 g/mol. The molecule has 0 radical (unpaired) electrons. The Morgan fingerprint density at radius 2 is 1.84 bits per heavy atom. The van der Waals surface area contributed by atoms with Gasteiger partial charge in [-0.3, -0.25) is 4.79 Å². The van der Waals surface area contributed by atoms with Gasteiger partial charge in [0.1, 0.15) is 12.4 Å². The van der Waals surface area contributed by atoms with Crippen molar-refractivity contribution in [2.24, 2.45) is 5.92 Å². The van der Waals surface area contributed by atoms with E-state index in [4.69, 9.17) is 4.74 Å². The van der Waals surface area contributed by atoms with Crippen LogP contribution in [0.5, 0.6) is 5.75 Å². The third-order valence-electron chi connectivity index (χ3n) is 4.42. The highest BCUT2D eigenvalue weighted by atomic mass is 32.2. The molecule has 0 saturated heterocycles. The molecule has 0 unspecified atom stereocenters. The van der Waals surface area contributed by atoms with Gasteiger partial charge >= 0.3 is 0 Å². The van der Waals surface area contributed by atoms with Crippen LogP contribution in [-0.4, -0.2) is 27.2 Å². The average molecular weight is 359 g/mol. The van der Waals surface area contributed by atoms with E-state index in [0.29, 0.717) is 13.0 Å². The summed E-state index contributed by atoms with van der Waals surface area (Å²) >= 11 is 0. The summed E-state index contributed by atoms with van der Waals surface area (Å²) in [6.07, 6.45) is 1.83. The van der Waals surface area contributed by atoms with Crippen LogP contribution in [0.25, 0.3) is 0 Å². The summed E-state index contributed by atoms with van der Waals surface area (Å²) in [4.78, 5) is 12.8. The topological polar surface area (TPSA) is 72.5 Å². The van der Waals surface area contributed by atoms with Gasteiger partial charge in [-0.15, -0.1) is 0 Å². The minimum atomic E-state index is -3.22. The minimum Gasteiger partial charge on any atom is -0.492 e. The van der Waals surface area contributed by atoms with Crippen molar-refractivity contribution in [2.75, 3.05) is 12.9 Å². The maximum atomic E-state index is 12.5. The number of hydrogen-bond acceptors (Lipinski definition) is 4. The molecule has 0 fully saturated rings. The summed E-state index contributed by atoms with van der Waals surface area (Å²) in [5.74, 6) is 0.554. The molecule has 0 saturated carbocycles. The van der Waals surface area contributed by atoms with Crippen LogP contribution >= 0.6 is 0 Å². The van der Waals surface area contributed by atoms with Gasteiger partial charge in [0.15, 0.2) is 9.84 Å². The van der Waals surface area contributed by atoms with E-state index in [1.54, 1.807) is 24.3 Å². The number of ether oxygens (including phenoxy) is 1. The van der Waals surface area contributed by atoms with Crippen LogP contribution in [0.1, 0.15) is 24.1 Å². The highest BCUT2D eigenvalue weighted by molar-refractivity contribution is 7.90. The second kappa shape index (κ2) is 6.88. The number of benzene rings is 2. The van der Waals surface area contributed by atoms with E-state index in [1.807, 2.05) is 31.2 Å². The number of para-hydroxylation sites is 1. The Labute approximate surface area is 147 Å². The van der Waals surface area contributed by atoms with Gasteiger partial charge in [0.05, 0.1) is 16.9 Å². The van der Waals surface area contributed by atoms with E-state index in [9.17, 15) is 13.2 Å². The summed E-state index contributed by atoms with van der Waals surface area (Å²) in [6, 6.07) is 14.1. The molecule has 25 heavy (non-hydrogen) atoms. The third kappa shape index (κ3) is 4.02. The highest BCUT2D eigenvalue weighted by Crippen LogP contribution is 2.27. The molecule has 132 valence electrons. The average Bonchev–Trinajstić information content (AvgIpc) is 2.60. The van der Waals surface area contributed by atoms with Gasteiger partial charge in [-0.05, 0) is 42.7 Å². The SMILES string of the molecule is C[C@@H](NC(=O)[C@@H]1COc2ccccc2C1)c1ccc(S(C)(=O)=O)cc1. The van der Waals surface area contributed by atoms with Crippen molar-refractivity contribution in [3.63, 3.8) is 0 Å². The summed E-state index contributed by atoms with van der Waals surface area (Å²) in [5.41, 5.74) is 1.90. The summed E-state index contributed by atoms with van der Waals surface area (Å²) < 4.78 is 28.7. The highest BCUT2D eigenvalue weighted by Gasteiger charge is 2.26. The molecule has 0 aliphatic carbocycles. The second-order valence-electron chi connectivity index (χ2n) is 6.39. The number of nitrogens with one attached hydrogen (secondary N) is 1. The fourth-order valence-corrected chi connectivity index (χ4v) is 3.55. The normalized spacial score (nSPS) is 17.9. The molecule has 6 heteroatoms. The lowest BCUT2D eigenvalue weighted by molar-refractivity contribution is -0.126. The first-order chi connectivity index (χ1) is 11.8. The maximum Gasteiger partial charge on any atom is 0.227 e. The molecule has 0 aromatic heterocycles. The van der Waals surface area contributed by atoms with Crippen LogP contribution in [0.3, 0.4) is 0 Å². The van der Waals surface area contributed by atoms with Crippen LogP contribution in [0.15, 0.2) is 53.4 Å². The Morgan fingerprint density at radius 1 is 1.16 bits per heavy atom. The van der Waals surface area contributed by atoms with Crippen LogP contribution in [0.2, 0.25) is 0 Å². The number of rotatable bonds is 4. The van der Waals surface area contributed by atoms with E-state index < -0.39 is 9.84 Å². The molecule has 1 aliphatic heterocycles. The molecule has 1 N–H and O–H groups in total. The van der Waals surface area contributed by atoms with Gasteiger partial charge in [-0.1, -0.05) is 30.3 Å². The molecule has 1 heterocycles. The first-order valence-corrected chi connectivity index (χ1v) is 10.0. The summed E-state index contributed by atoms with van der Waals surface area (Å²) in [6.45, 7) is 2.24. The predicted molar refractivity (Wildman–Crippen MR) is 95.2 cm³/mol. The Balaban J connectivity index is 1.65. The number of fused-ring (bicyclic) bond motifs is 1. The third-order valence-corrected chi connectivity index (χ3v) is 5.55. The first kappa shape index (κ1) is 17.5. The van der Waals surface area contributed by atoms with Crippen molar-refractivity contribution in [1.29, 1.82) is 0 Å². The molecule has 3 rings (SSSR count). The zero-order valence-electron chi connectivity index (χ0n) is 14.2. The van der Waals surface area contributed by atoms with Crippen molar-refractivity contribution < 1.29 is 17.9 Å². The lowest BCUT2D eigenvalue weighted by atomic mass is 9.95. The minimum absolute atomic E-state index is 0.0609. The number of carbonyl (C=O) groups excluding carboxylic acids is 1. The Kier molecular flexibility index (Phi) is 4.81. The molecule has 2 aromatic rings. The van der Waals surface area contributed by atoms with Crippen molar-refractivity contribution in [3.8, 4) is 5.75 Å². The van der Waals surface area contributed by atoms with Crippen molar-refractivity contribution in [1.82, 2.24) is 5.32 Å². The molecule has 1 amide bonds. The molecule has 0 bridgehead atoms. The molecule has 2 atom stereocenters. The predicted octanol–water partition coefficient (Wildman–Crippen LogP) is 2.52. The van der Waals surface area contributed by atoms with Crippen molar-refractivity contribution in [3.05, 3.63) is 59.7 Å². The number of sulfone groups is 1. The van der Waals surface area contributed by atoms with Gasteiger partial charge in [0, 0.05) is 6.26 Å². The summed E-state index contributed by atoms with van der Waals surface area (Å²) in [7, 11) is -3.22. The van der Waals surface area contributed by atoms with Gasteiger partial charge in [-0.2, -0.15) is 0 Å². The molecule has 5 nitrogen and oxygen atoms in total. The van der Waals surface area contributed by atoms with Crippen molar-refractivity contribution >= 4 is 15.7 Å². The monoisotopic (exact) mass is 359 g/mol. The smallest absolute Gasteiger partial charge is 0.227 e. The van der Waals surface area contributed by atoms with Crippen LogP contribution in [-0.2, 0) is 21.1 Å². The largest absolute Gasteiger partial charge is 0.492 e. The molecular formula is C19H21NO4S. The van der Waals surface area contributed by atoms with E-state index in [1.165, 1.54) is 6.26 Å². The fraction of sp³-hybridized carbons (Fsp3) is 0.316. The van der Waals surface area contributed by atoms with E-state index in [2.05, 4.69) is 5.32 Å². The Hall–Kier alpha value is -2.34. The summed E-state index contributed by atoms with van der Waals surface area (Å²) in [5, 5.41) is 2.99. The zero-order valence-corrected chi connectivity index (χ0v) is 15.0. The van der Waals surface area contributed by atoms with E-state index in [-0.39, 0.29) is 22.8 Å². The van der Waals surface area contributed by atoms with Gasteiger partial charge in [0.25, 0.3) is 0 Å². The van der Waals surface area contributed by atoms with Gasteiger partial charge < -0.3 is 10.1 Å². The maximum absolute atomic E-state index is 12.5. The number of amides is 1. The van der Waals surface area contributed by atoms with Crippen molar-refractivity contribution in [2.45, 2.75) is 24.3 Å². The standard InChI is InChI=1S/C19H21NO4S/c1-13(14-7-9-17(10-8-14)25(2,22)23)20-19(21)16-11-15-5-3-4-6-18(15)24-12-16/h3-10,13,16H,11-12H2,1-2H3,(H,20,21)/t13-,16+/m1/s1. The fourth-order valence-electron chi connectivity index (χ4n) is 2.91. The van der Waals surface area contributed by atoms with Crippen LogP contribution in [0, 0.1) is 5.92 Å². The van der Waals surface area contributed by atoms with Crippen LogP contribution in [0.4, 0.5) is 0 Å². The lowest BCUT2D eigenvalue weighted by Crippen LogP contribution is -2.38. The van der Waals surface area contributed by atoms with Gasteiger partial charge in [0.2, 0.25) is 5.91 Å².